The largest absolute Gasteiger partial charge is 0.377 e. The minimum Gasteiger partial charge on any atom is -0.377 e. The molecule has 1 aromatic rings. The van der Waals surface area contributed by atoms with Gasteiger partial charge in [-0.2, -0.15) is 4.98 Å². The van der Waals surface area contributed by atoms with Crippen molar-refractivity contribution in [3.63, 3.8) is 0 Å². The van der Waals surface area contributed by atoms with Gasteiger partial charge in [-0.1, -0.05) is 5.16 Å². The van der Waals surface area contributed by atoms with E-state index in [2.05, 4.69) is 20.0 Å². The van der Waals surface area contributed by atoms with E-state index in [0.29, 0.717) is 6.10 Å². The standard InChI is InChI=1S/C9H17N3O2/c1-8(2)13-6-5-10-4-3-9-11-7-14-12-9/h7-8,10H,3-6H2,1-2H3. The molecule has 1 aromatic heterocycles. The smallest absolute Gasteiger partial charge is 0.213 e. The van der Waals surface area contributed by atoms with Gasteiger partial charge in [-0.15, -0.1) is 0 Å². The SMILES string of the molecule is CC(C)OCCNCCc1ncon1. The minimum atomic E-state index is 0.300. The van der Waals surface area contributed by atoms with Crippen LogP contribution in [0.25, 0.3) is 0 Å². The van der Waals surface area contributed by atoms with Crippen LogP contribution in [0.15, 0.2) is 10.9 Å². The molecule has 0 bridgehead atoms. The van der Waals surface area contributed by atoms with Crippen LogP contribution in [-0.2, 0) is 11.2 Å². The molecule has 0 unspecified atom stereocenters. The number of nitrogens with zero attached hydrogens (tertiary/aromatic N) is 2. The molecular weight excluding hydrogens is 182 g/mol. The zero-order chi connectivity index (χ0) is 10.2. The van der Waals surface area contributed by atoms with Crippen LogP contribution in [0.2, 0.25) is 0 Å². The van der Waals surface area contributed by atoms with Gasteiger partial charge in [-0.05, 0) is 13.8 Å². The maximum Gasteiger partial charge on any atom is 0.213 e. The molecule has 0 amide bonds. The number of aromatic nitrogens is 2. The Kier molecular flexibility index (Phi) is 5.17. The van der Waals surface area contributed by atoms with Crippen molar-refractivity contribution in [2.45, 2.75) is 26.4 Å². The van der Waals surface area contributed by atoms with Crippen molar-refractivity contribution in [1.29, 1.82) is 0 Å². The molecule has 0 atom stereocenters. The Morgan fingerprint density at radius 3 is 3.00 bits per heavy atom. The lowest BCUT2D eigenvalue weighted by atomic mass is 10.4. The van der Waals surface area contributed by atoms with Gasteiger partial charge in [-0.25, -0.2) is 0 Å². The second-order valence-electron chi connectivity index (χ2n) is 3.27. The minimum absolute atomic E-state index is 0.300. The first-order chi connectivity index (χ1) is 6.79. The van der Waals surface area contributed by atoms with Gasteiger partial charge in [0.25, 0.3) is 0 Å². The van der Waals surface area contributed by atoms with E-state index in [1.54, 1.807) is 0 Å². The van der Waals surface area contributed by atoms with Gasteiger partial charge < -0.3 is 14.6 Å². The van der Waals surface area contributed by atoms with Crippen LogP contribution in [0.5, 0.6) is 0 Å². The molecule has 80 valence electrons. The quantitative estimate of drug-likeness (QED) is 0.652. The van der Waals surface area contributed by atoms with Gasteiger partial charge in [0.2, 0.25) is 6.39 Å². The van der Waals surface area contributed by atoms with Crippen LogP contribution in [0.4, 0.5) is 0 Å². The average Bonchev–Trinajstić information content (AvgIpc) is 2.63. The molecule has 0 aromatic carbocycles. The maximum absolute atomic E-state index is 5.37. The number of nitrogens with one attached hydrogen (secondary N) is 1. The summed E-state index contributed by atoms with van der Waals surface area (Å²) in [6, 6.07) is 0. The number of ether oxygens (including phenoxy) is 1. The molecule has 0 aliphatic carbocycles. The highest BCUT2D eigenvalue weighted by molar-refractivity contribution is 4.78. The highest BCUT2D eigenvalue weighted by atomic mass is 16.5. The molecule has 0 saturated carbocycles. The lowest BCUT2D eigenvalue weighted by Crippen LogP contribution is -2.23. The first kappa shape index (κ1) is 11.1. The van der Waals surface area contributed by atoms with E-state index in [1.807, 2.05) is 13.8 Å². The Morgan fingerprint density at radius 1 is 1.50 bits per heavy atom. The maximum atomic E-state index is 5.37. The average molecular weight is 199 g/mol. The van der Waals surface area contributed by atoms with Crippen molar-refractivity contribution in [1.82, 2.24) is 15.5 Å². The van der Waals surface area contributed by atoms with E-state index < -0.39 is 0 Å². The fraction of sp³-hybridized carbons (Fsp3) is 0.778. The normalized spacial score (nSPS) is 11.1. The molecule has 5 heteroatoms. The highest BCUT2D eigenvalue weighted by Crippen LogP contribution is 1.88. The van der Waals surface area contributed by atoms with Crippen molar-refractivity contribution in [2.24, 2.45) is 0 Å². The zero-order valence-electron chi connectivity index (χ0n) is 8.69. The Bertz CT molecular complexity index is 224. The summed E-state index contributed by atoms with van der Waals surface area (Å²) in [5.41, 5.74) is 0. The van der Waals surface area contributed by atoms with Gasteiger partial charge in [-0.3, -0.25) is 0 Å². The third kappa shape index (κ3) is 4.94. The topological polar surface area (TPSA) is 60.2 Å². The molecule has 0 spiro atoms. The van der Waals surface area contributed by atoms with Gasteiger partial charge >= 0.3 is 0 Å². The third-order valence-corrected chi connectivity index (χ3v) is 1.66. The molecule has 0 aliphatic rings. The predicted octanol–water partition coefficient (Wildman–Crippen LogP) is 0.627. The molecular formula is C9H17N3O2. The monoisotopic (exact) mass is 199 g/mol. The van der Waals surface area contributed by atoms with E-state index in [9.17, 15) is 0 Å². The van der Waals surface area contributed by atoms with Crippen LogP contribution in [0.1, 0.15) is 19.7 Å². The summed E-state index contributed by atoms with van der Waals surface area (Å²) in [5, 5.41) is 6.94. The van der Waals surface area contributed by atoms with E-state index in [4.69, 9.17) is 4.74 Å². The first-order valence-electron chi connectivity index (χ1n) is 4.86. The zero-order valence-corrected chi connectivity index (χ0v) is 8.69. The Hall–Kier alpha value is -0.940. The summed E-state index contributed by atoms with van der Waals surface area (Å²) in [5.74, 6) is 0.738. The second kappa shape index (κ2) is 6.50. The number of rotatable bonds is 7. The molecule has 1 N–H and O–H groups in total. The van der Waals surface area contributed by atoms with Gasteiger partial charge in [0.1, 0.15) is 0 Å². The second-order valence-corrected chi connectivity index (χ2v) is 3.27. The van der Waals surface area contributed by atoms with E-state index in [0.717, 1.165) is 31.9 Å². The van der Waals surface area contributed by atoms with Crippen molar-refractivity contribution in [2.75, 3.05) is 19.7 Å². The Labute approximate surface area is 83.8 Å². The summed E-state index contributed by atoms with van der Waals surface area (Å²) in [4.78, 5) is 3.91. The van der Waals surface area contributed by atoms with E-state index >= 15 is 0 Å². The van der Waals surface area contributed by atoms with Gasteiger partial charge in [0.05, 0.1) is 12.7 Å². The number of hydrogen-bond donors (Lipinski definition) is 1. The lowest BCUT2D eigenvalue weighted by Gasteiger charge is -2.07. The van der Waals surface area contributed by atoms with Crippen LogP contribution in [0.3, 0.4) is 0 Å². The van der Waals surface area contributed by atoms with Crippen molar-refractivity contribution in [3.05, 3.63) is 12.2 Å². The summed E-state index contributed by atoms with van der Waals surface area (Å²) < 4.78 is 9.98. The summed E-state index contributed by atoms with van der Waals surface area (Å²) in [6.07, 6.45) is 2.43. The third-order valence-electron chi connectivity index (χ3n) is 1.66. The fourth-order valence-electron chi connectivity index (χ4n) is 0.995. The Balaban J connectivity index is 1.90. The molecule has 1 rings (SSSR count). The van der Waals surface area contributed by atoms with Crippen LogP contribution in [0, 0.1) is 0 Å². The van der Waals surface area contributed by atoms with Crippen LogP contribution in [-0.4, -0.2) is 35.9 Å². The summed E-state index contributed by atoms with van der Waals surface area (Å²) in [7, 11) is 0. The molecule has 1 heterocycles. The summed E-state index contributed by atoms with van der Waals surface area (Å²) >= 11 is 0. The Morgan fingerprint density at radius 2 is 2.36 bits per heavy atom. The van der Waals surface area contributed by atoms with E-state index in [-0.39, 0.29) is 0 Å². The fourth-order valence-corrected chi connectivity index (χ4v) is 0.995. The van der Waals surface area contributed by atoms with Crippen LogP contribution < -0.4 is 5.32 Å². The predicted molar refractivity (Wildman–Crippen MR) is 52.0 cm³/mol. The van der Waals surface area contributed by atoms with Crippen molar-refractivity contribution in [3.8, 4) is 0 Å². The van der Waals surface area contributed by atoms with Crippen LogP contribution >= 0.6 is 0 Å². The molecule has 0 radical (unpaired) electrons. The molecule has 5 nitrogen and oxygen atoms in total. The van der Waals surface area contributed by atoms with Gasteiger partial charge in [0.15, 0.2) is 5.82 Å². The first-order valence-corrected chi connectivity index (χ1v) is 4.86. The molecule has 0 fully saturated rings. The molecule has 0 saturated heterocycles. The number of hydrogen-bond acceptors (Lipinski definition) is 5. The molecule has 14 heavy (non-hydrogen) atoms. The molecule has 0 aliphatic heterocycles. The highest BCUT2D eigenvalue weighted by Gasteiger charge is 1.97. The van der Waals surface area contributed by atoms with E-state index in [1.165, 1.54) is 6.39 Å². The van der Waals surface area contributed by atoms with Crippen molar-refractivity contribution >= 4 is 0 Å². The summed E-state index contributed by atoms with van der Waals surface area (Å²) in [6.45, 7) is 6.50. The lowest BCUT2D eigenvalue weighted by molar-refractivity contribution is 0.0809. The van der Waals surface area contributed by atoms with Crippen molar-refractivity contribution < 1.29 is 9.26 Å². The van der Waals surface area contributed by atoms with Gasteiger partial charge in [0, 0.05) is 19.5 Å².